The summed E-state index contributed by atoms with van der Waals surface area (Å²) in [7, 11) is 4.65. The van der Waals surface area contributed by atoms with Gasteiger partial charge in [-0.15, -0.1) is 10.2 Å². The number of aromatic nitrogens is 2. The van der Waals surface area contributed by atoms with Gasteiger partial charge in [-0.1, -0.05) is 29.2 Å². The highest BCUT2D eigenvalue weighted by Gasteiger charge is 2.42. The Bertz CT molecular complexity index is 1640. The lowest BCUT2D eigenvalue weighted by molar-refractivity contribution is -0.116. The molecule has 13 heteroatoms. The van der Waals surface area contributed by atoms with Crippen LogP contribution >= 0.6 is 23.1 Å². The third-order valence-corrected chi connectivity index (χ3v) is 8.97. The zero-order valence-corrected chi connectivity index (χ0v) is 24.8. The number of Topliss-reactive ketones (excluding diaryl/α,β-unsaturated/α-hetero) is 1. The molecule has 2 aromatic carbocycles. The van der Waals surface area contributed by atoms with E-state index in [-0.39, 0.29) is 28.8 Å². The van der Waals surface area contributed by atoms with E-state index in [1.165, 1.54) is 30.2 Å². The van der Waals surface area contributed by atoms with Gasteiger partial charge in [-0.25, -0.2) is 0 Å². The number of nitrogens with one attached hydrogen (secondary N) is 1. The van der Waals surface area contributed by atoms with Crippen LogP contribution in [0.25, 0.3) is 0 Å². The lowest BCUT2D eigenvalue weighted by atomic mass is 9.75. The molecule has 5 rings (SSSR count). The van der Waals surface area contributed by atoms with Gasteiger partial charge >= 0.3 is 0 Å². The number of ketones is 1. The average Bonchev–Trinajstić information content (AvgIpc) is 3.47. The Labute approximate surface area is 251 Å². The lowest BCUT2D eigenvalue weighted by Gasteiger charge is -2.38. The van der Waals surface area contributed by atoms with Crippen LogP contribution in [-0.2, 0) is 9.59 Å². The number of nitrogens with two attached hydrogens (primary N) is 1. The number of hydrogen-bond acceptors (Lipinski definition) is 12. The summed E-state index contributed by atoms with van der Waals surface area (Å²) in [5.74, 6) is 0.991. The summed E-state index contributed by atoms with van der Waals surface area (Å²) in [4.78, 5) is 27.7. The molecule has 0 spiro atoms. The van der Waals surface area contributed by atoms with Crippen molar-refractivity contribution in [1.29, 1.82) is 5.26 Å². The minimum atomic E-state index is -0.721. The van der Waals surface area contributed by atoms with Crippen molar-refractivity contribution in [3.8, 4) is 23.3 Å². The van der Waals surface area contributed by atoms with Crippen LogP contribution in [0.4, 0.5) is 10.8 Å². The molecule has 0 saturated heterocycles. The molecule has 0 saturated carbocycles. The lowest BCUT2D eigenvalue weighted by Crippen LogP contribution is -2.38. The average molecular weight is 605 g/mol. The highest BCUT2D eigenvalue weighted by molar-refractivity contribution is 8.01. The van der Waals surface area contributed by atoms with Crippen LogP contribution in [0.5, 0.6) is 17.2 Å². The first-order valence-electron chi connectivity index (χ1n) is 13.0. The van der Waals surface area contributed by atoms with Crippen LogP contribution in [0.15, 0.2) is 69.5 Å². The Balaban J connectivity index is 1.45. The molecule has 42 heavy (non-hydrogen) atoms. The maximum atomic E-state index is 13.5. The molecule has 2 aliphatic rings. The zero-order chi connectivity index (χ0) is 29.8. The van der Waals surface area contributed by atoms with Gasteiger partial charge in [0.05, 0.1) is 44.6 Å². The third kappa shape index (κ3) is 5.63. The first-order chi connectivity index (χ1) is 20.4. The molecule has 0 radical (unpaired) electrons. The Morgan fingerprint density at radius 2 is 1.93 bits per heavy atom. The summed E-state index contributed by atoms with van der Waals surface area (Å²) in [6.07, 6.45) is 1.55. The number of methoxy groups -OCH3 is 3. The van der Waals surface area contributed by atoms with Gasteiger partial charge in [0.2, 0.25) is 11.0 Å². The SMILES string of the molecule is COc1cccc(NC(=O)CSc2nnc(N3C(N)=C(C#N)C(c4cc(OC)ccc4OC)C4=C3CCCC4=O)s2)c1. The summed E-state index contributed by atoms with van der Waals surface area (Å²) in [6, 6.07) is 14.6. The number of benzene rings is 2. The van der Waals surface area contributed by atoms with E-state index in [4.69, 9.17) is 19.9 Å². The van der Waals surface area contributed by atoms with Gasteiger partial charge in [0.1, 0.15) is 23.1 Å². The molecule has 216 valence electrons. The molecule has 3 aromatic rings. The number of carbonyl (C=O) groups excluding carboxylic acids is 2. The molecule has 1 aliphatic carbocycles. The first kappa shape index (κ1) is 29.0. The number of thioether (sulfide) groups is 1. The summed E-state index contributed by atoms with van der Waals surface area (Å²) < 4.78 is 16.8. The molecule has 0 bridgehead atoms. The van der Waals surface area contributed by atoms with E-state index in [2.05, 4.69) is 21.6 Å². The van der Waals surface area contributed by atoms with E-state index in [1.54, 1.807) is 61.6 Å². The molecule has 1 unspecified atom stereocenters. The van der Waals surface area contributed by atoms with Crippen LogP contribution in [-0.4, -0.2) is 49.0 Å². The van der Waals surface area contributed by atoms with Gasteiger partial charge in [-0.05, 0) is 43.2 Å². The number of anilines is 2. The van der Waals surface area contributed by atoms with Crippen LogP contribution in [0.1, 0.15) is 30.7 Å². The topological polar surface area (TPSA) is 153 Å². The summed E-state index contributed by atoms with van der Waals surface area (Å²) in [6.45, 7) is 0. The fourth-order valence-corrected chi connectivity index (χ4v) is 6.74. The normalized spacial score (nSPS) is 16.6. The van der Waals surface area contributed by atoms with Crippen LogP contribution in [0, 0.1) is 11.3 Å². The molecule has 0 fully saturated rings. The van der Waals surface area contributed by atoms with Crippen molar-refractivity contribution in [2.75, 3.05) is 37.3 Å². The number of nitrogens with zero attached hydrogens (tertiary/aromatic N) is 4. The van der Waals surface area contributed by atoms with Crippen molar-refractivity contribution in [2.24, 2.45) is 5.73 Å². The number of hydrogen-bond donors (Lipinski definition) is 2. The smallest absolute Gasteiger partial charge is 0.234 e. The molecule has 11 nitrogen and oxygen atoms in total. The number of allylic oxidation sites excluding steroid dienone is 3. The van der Waals surface area contributed by atoms with E-state index in [9.17, 15) is 14.9 Å². The molecule has 1 atom stereocenters. The largest absolute Gasteiger partial charge is 0.497 e. The van der Waals surface area contributed by atoms with Gasteiger partial charge in [0, 0.05) is 35.0 Å². The van der Waals surface area contributed by atoms with Gasteiger partial charge in [0.15, 0.2) is 10.1 Å². The monoisotopic (exact) mass is 604 g/mol. The predicted molar refractivity (Wildman–Crippen MR) is 160 cm³/mol. The van der Waals surface area contributed by atoms with E-state index in [0.29, 0.717) is 68.5 Å². The maximum absolute atomic E-state index is 13.5. The van der Waals surface area contributed by atoms with Crippen molar-refractivity contribution in [1.82, 2.24) is 10.2 Å². The number of ether oxygens (including phenoxy) is 3. The highest BCUT2D eigenvalue weighted by Crippen LogP contribution is 2.49. The number of nitriles is 1. The number of amides is 1. The van der Waals surface area contributed by atoms with Gasteiger partial charge < -0.3 is 25.3 Å². The highest BCUT2D eigenvalue weighted by atomic mass is 32.2. The van der Waals surface area contributed by atoms with Crippen LogP contribution < -0.4 is 30.2 Å². The quantitative estimate of drug-likeness (QED) is 0.330. The third-order valence-electron chi connectivity index (χ3n) is 6.93. The van der Waals surface area contributed by atoms with Crippen LogP contribution in [0.3, 0.4) is 0 Å². The standard InChI is InChI=1S/C29H28N6O5S2/c1-38-17-7-4-6-16(12-17)32-24(37)15-41-29-34-33-28(42-29)35-21-8-5-9-22(36)26(21)25(20(14-30)27(35)31)19-13-18(39-2)10-11-23(19)40-3/h4,6-7,10-13,25H,5,8-9,15,31H2,1-3H3,(H,32,37). The van der Waals surface area contributed by atoms with E-state index in [0.717, 1.165) is 0 Å². The number of rotatable bonds is 9. The minimum absolute atomic E-state index is 0.0651. The van der Waals surface area contributed by atoms with Gasteiger partial charge in [-0.3, -0.25) is 14.5 Å². The minimum Gasteiger partial charge on any atom is -0.497 e. The second-order valence-corrected chi connectivity index (χ2v) is 11.5. The molecule has 3 N–H and O–H groups in total. The molecule has 2 heterocycles. The van der Waals surface area contributed by atoms with Crippen molar-refractivity contribution in [3.63, 3.8) is 0 Å². The molecule has 1 amide bonds. The van der Waals surface area contributed by atoms with Crippen molar-refractivity contribution >= 4 is 45.6 Å². The Hall–Kier alpha value is -4.54. The zero-order valence-electron chi connectivity index (χ0n) is 23.2. The Kier molecular flexibility index (Phi) is 8.65. The van der Waals surface area contributed by atoms with Gasteiger partial charge in [-0.2, -0.15) is 5.26 Å². The predicted octanol–water partition coefficient (Wildman–Crippen LogP) is 4.60. The maximum Gasteiger partial charge on any atom is 0.234 e. The first-order valence-corrected chi connectivity index (χ1v) is 14.8. The number of carbonyl (C=O) groups is 2. The van der Waals surface area contributed by atoms with Gasteiger partial charge in [0.25, 0.3) is 0 Å². The summed E-state index contributed by atoms with van der Waals surface area (Å²) in [5, 5.41) is 22.1. The Morgan fingerprint density at radius 1 is 1.14 bits per heavy atom. The molecular formula is C29H28N6O5S2. The fraction of sp³-hybridized carbons (Fsp3) is 0.276. The van der Waals surface area contributed by atoms with Crippen molar-refractivity contribution in [3.05, 3.63) is 70.7 Å². The summed E-state index contributed by atoms with van der Waals surface area (Å²) in [5.41, 5.74) is 9.29. The second kappa shape index (κ2) is 12.5. The fourth-order valence-electron chi connectivity index (χ4n) is 5.06. The molecule has 1 aliphatic heterocycles. The second-order valence-electron chi connectivity index (χ2n) is 9.34. The van der Waals surface area contributed by atoms with Crippen molar-refractivity contribution < 1.29 is 23.8 Å². The summed E-state index contributed by atoms with van der Waals surface area (Å²) >= 11 is 2.46. The van der Waals surface area contributed by atoms with Crippen LogP contribution in [0.2, 0.25) is 0 Å². The molecule has 1 aromatic heterocycles. The molecular weight excluding hydrogens is 576 g/mol. The van der Waals surface area contributed by atoms with E-state index >= 15 is 0 Å². The Morgan fingerprint density at radius 3 is 2.67 bits per heavy atom. The van der Waals surface area contributed by atoms with Crippen molar-refractivity contribution in [2.45, 2.75) is 29.5 Å². The van der Waals surface area contributed by atoms with E-state index in [1.807, 2.05) is 0 Å². The van der Waals surface area contributed by atoms with E-state index < -0.39 is 5.92 Å².